The molecular weight excluding hydrogens is 218 g/mol. The Morgan fingerprint density at radius 2 is 2.12 bits per heavy atom. The number of hydrogen-bond donors (Lipinski definition) is 1. The summed E-state index contributed by atoms with van der Waals surface area (Å²) in [5.74, 6) is 1.99. The average molecular weight is 239 g/mol. The molecule has 90 valence electrons. The fourth-order valence-corrected chi connectivity index (χ4v) is 3.49. The first kappa shape index (κ1) is 12.1. The third-order valence-electron chi connectivity index (χ3n) is 4.02. The topological polar surface area (TPSA) is 33.1 Å². The van der Waals surface area contributed by atoms with E-state index in [2.05, 4.69) is 18.8 Å². The van der Waals surface area contributed by atoms with E-state index in [1.165, 1.54) is 6.42 Å². The van der Waals surface area contributed by atoms with Gasteiger partial charge in [0.25, 0.3) is 0 Å². The van der Waals surface area contributed by atoms with E-state index >= 15 is 0 Å². The summed E-state index contributed by atoms with van der Waals surface area (Å²) in [5.41, 5.74) is 0. The maximum atomic E-state index is 10.3. The van der Waals surface area contributed by atoms with Gasteiger partial charge >= 0.3 is 0 Å². The van der Waals surface area contributed by atoms with Crippen LogP contribution in [0.5, 0.6) is 0 Å². The summed E-state index contributed by atoms with van der Waals surface area (Å²) in [4.78, 5) is 5.27. The molecule has 1 N–H and O–H groups in total. The Morgan fingerprint density at radius 1 is 1.38 bits per heavy atom. The van der Waals surface area contributed by atoms with Crippen molar-refractivity contribution < 1.29 is 5.11 Å². The molecule has 0 aromatic carbocycles. The second-order valence-corrected chi connectivity index (χ2v) is 6.52. The molecule has 2 rings (SSSR count). The molecule has 1 fully saturated rings. The van der Waals surface area contributed by atoms with Crippen LogP contribution in [0.15, 0.2) is 6.20 Å². The molecule has 1 aromatic heterocycles. The van der Waals surface area contributed by atoms with E-state index in [1.807, 2.05) is 13.1 Å². The van der Waals surface area contributed by atoms with E-state index in [-0.39, 0.29) is 6.10 Å². The molecule has 0 aliphatic heterocycles. The van der Waals surface area contributed by atoms with Gasteiger partial charge < -0.3 is 5.11 Å². The summed E-state index contributed by atoms with van der Waals surface area (Å²) < 4.78 is 0. The largest absolute Gasteiger partial charge is 0.387 e. The highest BCUT2D eigenvalue weighted by Crippen LogP contribution is 2.40. The zero-order valence-corrected chi connectivity index (χ0v) is 11.1. The van der Waals surface area contributed by atoms with Crippen molar-refractivity contribution in [1.29, 1.82) is 0 Å². The lowest BCUT2D eigenvalue weighted by atomic mass is 9.74. The SMILES string of the molecule is Cc1ncc(C(O)C2CCC(C)C(C)C2)s1. The van der Waals surface area contributed by atoms with Gasteiger partial charge in [0.05, 0.1) is 16.0 Å². The third kappa shape index (κ3) is 2.46. The summed E-state index contributed by atoms with van der Waals surface area (Å²) in [7, 11) is 0. The molecule has 1 saturated carbocycles. The lowest BCUT2D eigenvalue weighted by molar-refractivity contribution is 0.0584. The Hall–Kier alpha value is -0.410. The summed E-state index contributed by atoms with van der Waals surface area (Å²) in [6, 6.07) is 0. The van der Waals surface area contributed by atoms with Crippen molar-refractivity contribution in [2.45, 2.75) is 46.1 Å². The summed E-state index contributed by atoms with van der Waals surface area (Å²) >= 11 is 1.63. The van der Waals surface area contributed by atoms with Gasteiger partial charge in [0.1, 0.15) is 0 Å². The van der Waals surface area contributed by atoms with E-state index in [0.717, 1.165) is 34.6 Å². The molecule has 0 bridgehead atoms. The predicted octanol–water partition coefficient (Wildman–Crippen LogP) is 3.56. The highest BCUT2D eigenvalue weighted by molar-refractivity contribution is 7.11. The van der Waals surface area contributed by atoms with Crippen molar-refractivity contribution >= 4 is 11.3 Å². The molecule has 0 saturated heterocycles. The lowest BCUT2D eigenvalue weighted by Crippen LogP contribution is -2.24. The molecule has 1 heterocycles. The number of nitrogens with zero attached hydrogens (tertiary/aromatic N) is 1. The van der Waals surface area contributed by atoms with Crippen LogP contribution >= 0.6 is 11.3 Å². The van der Waals surface area contributed by atoms with Gasteiger partial charge in [-0.1, -0.05) is 20.3 Å². The van der Waals surface area contributed by atoms with Crippen LogP contribution in [0.1, 0.15) is 49.1 Å². The number of aliphatic hydroxyl groups excluding tert-OH is 1. The van der Waals surface area contributed by atoms with Gasteiger partial charge in [0.15, 0.2) is 0 Å². The van der Waals surface area contributed by atoms with E-state index in [4.69, 9.17) is 0 Å². The van der Waals surface area contributed by atoms with Crippen LogP contribution in [0.2, 0.25) is 0 Å². The van der Waals surface area contributed by atoms with Gasteiger partial charge in [-0.3, -0.25) is 0 Å². The summed E-state index contributed by atoms with van der Waals surface area (Å²) in [6.45, 7) is 6.62. The van der Waals surface area contributed by atoms with Crippen molar-refractivity contribution in [3.05, 3.63) is 16.1 Å². The number of rotatable bonds is 2. The van der Waals surface area contributed by atoms with Gasteiger partial charge in [-0.2, -0.15) is 0 Å². The maximum Gasteiger partial charge on any atom is 0.0926 e. The molecule has 2 nitrogen and oxygen atoms in total. The third-order valence-corrected chi connectivity index (χ3v) is 5.00. The molecule has 16 heavy (non-hydrogen) atoms. The predicted molar refractivity (Wildman–Crippen MR) is 67.5 cm³/mol. The first-order valence-corrected chi connectivity index (χ1v) is 7.00. The first-order chi connectivity index (χ1) is 7.58. The second kappa shape index (κ2) is 4.84. The van der Waals surface area contributed by atoms with Gasteiger partial charge in [-0.25, -0.2) is 4.98 Å². The number of aryl methyl sites for hydroxylation is 1. The minimum absolute atomic E-state index is 0.291. The molecule has 4 unspecified atom stereocenters. The Morgan fingerprint density at radius 3 is 2.69 bits per heavy atom. The van der Waals surface area contributed by atoms with E-state index in [9.17, 15) is 5.11 Å². The molecule has 3 heteroatoms. The number of aromatic nitrogens is 1. The van der Waals surface area contributed by atoms with E-state index < -0.39 is 0 Å². The van der Waals surface area contributed by atoms with E-state index in [0.29, 0.717) is 5.92 Å². The van der Waals surface area contributed by atoms with Crippen molar-refractivity contribution in [3.63, 3.8) is 0 Å². The molecule has 0 amide bonds. The van der Waals surface area contributed by atoms with Crippen molar-refractivity contribution in [2.75, 3.05) is 0 Å². The molecule has 1 aromatic rings. The van der Waals surface area contributed by atoms with Crippen LogP contribution in [0.3, 0.4) is 0 Å². The zero-order chi connectivity index (χ0) is 11.7. The van der Waals surface area contributed by atoms with Crippen molar-refractivity contribution in [1.82, 2.24) is 4.98 Å². The Labute approximate surface area is 102 Å². The number of thiazole rings is 1. The Balaban J connectivity index is 2.02. The highest BCUT2D eigenvalue weighted by atomic mass is 32.1. The fourth-order valence-electron chi connectivity index (χ4n) is 2.62. The molecular formula is C13H21NOS. The monoisotopic (exact) mass is 239 g/mol. The van der Waals surface area contributed by atoms with Crippen LogP contribution in [0.25, 0.3) is 0 Å². The normalized spacial score (nSPS) is 32.6. The standard InChI is InChI=1S/C13H21NOS/c1-8-4-5-11(6-9(8)2)13(15)12-7-14-10(3)16-12/h7-9,11,13,15H,4-6H2,1-3H3. The van der Waals surface area contributed by atoms with Crippen LogP contribution in [-0.4, -0.2) is 10.1 Å². The number of aliphatic hydroxyl groups is 1. The fraction of sp³-hybridized carbons (Fsp3) is 0.769. The number of hydrogen-bond acceptors (Lipinski definition) is 3. The van der Waals surface area contributed by atoms with Crippen LogP contribution in [0, 0.1) is 24.7 Å². The second-order valence-electron chi connectivity index (χ2n) is 5.25. The van der Waals surface area contributed by atoms with Crippen LogP contribution < -0.4 is 0 Å². The lowest BCUT2D eigenvalue weighted by Gasteiger charge is -2.34. The molecule has 0 radical (unpaired) electrons. The van der Waals surface area contributed by atoms with E-state index in [1.54, 1.807) is 11.3 Å². The maximum absolute atomic E-state index is 10.3. The minimum Gasteiger partial charge on any atom is -0.387 e. The van der Waals surface area contributed by atoms with Gasteiger partial charge in [-0.15, -0.1) is 11.3 Å². The Bertz CT molecular complexity index is 349. The highest BCUT2D eigenvalue weighted by Gasteiger charge is 2.30. The zero-order valence-electron chi connectivity index (χ0n) is 10.3. The first-order valence-electron chi connectivity index (χ1n) is 6.18. The van der Waals surface area contributed by atoms with Crippen LogP contribution in [0.4, 0.5) is 0 Å². The van der Waals surface area contributed by atoms with Gasteiger partial charge in [0, 0.05) is 6.20 Å². The molecule has 1 aliphatic carbocycles. The molecule has 0 spiro atoms. The van der Waals surface area contributed by atoms with Gasteiger partial charge in [-0.05, 0) is 37.5 Å². The van der Waals surface area contributed by atoms with Crippen molar-refractivity contribution in [2.24, 2.45) is 17.8 Å². The van der Waals surface area contributed by atoms with Crippen molar-refractivity contribution in [3.8, 4) is 0 Å². The smallest absolute Gasteiger partial charge is 0.0926 e. The molecule has 4 atom stereocenters. The quantitative estimate of drug-likeness (QED) is 0.856. The van der Waals surface area contributed by atoms with Gasteiger partial charge in [0.2, 0.25) is 0 Å². The summed E-state index contributed by atoms with van der Waals surface area (Å²) in [6.07, 6.45) is 5.11. The van der Waals surface area contributed by atoms with Crippen LogP contribution in [-0.2, 0) is 0 Å². The average Bonchev–Trinajstić information content (AvgIpc) is 2.68. The minimum atomic E-state index is -0.291. The summed E-state index contributed by atoms with van der Waals surface area (Å²) in [5, 5.41) is 11.4. The molecule has 1 aliphatic rings. The Kier molecular flexibility index (Phi) is 3.65.